The zero-order valence-electron chi connectivity index (χ0n) is 14.8. The Morgan fingerprint density at radius 1 is 1.12 bits per heavy atom. The van der Waals surface area contributed by atoms with Crippen molar-refractivity contribution in [2.75, 3.05) is 5.32 Å². The number of rotatable bonds is 4. The van der Waals surface area contributed by atoms with Gasteiger partial charge in [0.15, 0.2) is 5.11 Å². The molecule has 0 amide bonds. The number of para-hydroxylation sites is 1. The Morgan fingerprint density at radius 2 is 1.85 bits per heavy atom. The molecule has 26 heavy (non-hydrogen) atoms. The second-order valence-corrected chi connectivity index (χ2v) is 6.24. The van der Waals surface area contributed by atoms with Gasteiger partial charge in [0, 0.05) is 5.69 Å². The fourth-order valence-corrected chi connectivity index (χ4v) is 2.65. The monoisotopic (exact) mass is 365 g/mol. The molecule has 132 valence electrons. The molecule has 0 aliphatic heterocycles. The van der Waals surface area contributed by atoms with E-state index in [-0.39, 0.29) is 0 Å². The molecule has 3 rings (SSSR count). The fourth-order valence-electron chi connectivity index (χ4n) is 2.51. The van der Waals surface area contributed by atoms with Gasteiger partial charge in [-0.3, -0.25) is 5.43 Å². The van der Waals surface area contributed by atoms with E-state index in [1.807, 2.05) is 63.2 Å². The van der Waals surface area contributed by atoms with Crippen molar-refractivity contribution in [1.82, 2.24) is 25.6 Å². The lowest BCUT2D eigenvalue weighted by Crippen LogP contribution is -2.25. The van der Waals surface area contributed by atoms with Gasteiger partial charge < -0.3 is 5.32 Å². The second kappa shape index (κ2) is 7.83. The molecule has 2 N–H and O–H groups in total. The number of thiocarbonyl (C=S) groups is 1. The average molecular weight is 365 g/mol. The van der Waals surface area contributed by atoms with Crippen LogP contribution >= 0.6 is 12.2 Å². The first kappa shape index (κ1) is 17.7. The van der Waals surface area contributed by atoms with Gasteiger partial charge in [-0.05, 0) is 72.2 Å². The lowest BCUT2D eigenvalue weighted by atomic mass is 10.1. The normalized spacial score (nSPS) is 11.3. The van der Waals surface area contributed by atoms with Crippen LogP contribution in [0, 0.1) is 13.8 Å². The molecule has 0 fully saturated rings. The Bertz CT molecular complexity index is 928. The number of hydrogen-bond acceptors (Lipinski definition) is 5. The molecule has 0 saturated heterocycles. The van der Waals surface area contributed by atoms with Gasteiger partial charge in [0.2, 0.25) is 0 Å². The molecule has 3 aromatic rings. The number of anilines is 1. The van der Waals surface area contributed by atoms with Crippen molar-refractivity contribution in [1.29, 1.82) is 0 Å². The summed E-state index contributed by atoms with van der Waals surface area (Å²) in [6, 6.07) is 13.9. The minimum absolute atomic E-state index is 0.443. The molecular weight excluding hydrogens is 346 g/mol. The zero-order chi connectivity index (χ0) is 18.5. The number of hydrazone groups is 1. The van der Waals surface area contributed by atoms with E-state index < -0.39 is 0 Å². The van der Waals surface area contributed by atoms with Crippen LogP contribution in [0.15, 0.2) is 53.9 Å². The Labute approximate surface area is 157 Å². The van der Waals surface area contributed by atoms with Crippen molar-refractivity contribution < 1.29 is 0 Å². The van der Waals surface area contributed by atoms with E-state index >= 15 is 0 Å². The predicted octanol–water partition coefficient (Wildman–Crippen LogP) is 2.99. The summed E-state index contributed by atoms with van der Waals surface area (Å²) in [6.07, 6.45) is 1.55. The molecule has 0 atom stereocenters. The van der Waals surface area contributed by atoms with E-state index in [0.29, 0.717) is 5.11 Å². The zero-order valence-corrected chi connectivity index (χ0v) is 15.6. The smallest absolute Gasteiger partial charge is 0.191 e. The van der Waals surface area contributed by atoms with Crippen molar-refractivity contribution >= 4 is 28.7 Å². The van der Waals surface area contributed by atoms with E-state index in [0.717, 1.165) is 33.8 Å². The van der Waals surface area contributed by atoms with Crippen LogP contribution in [0.5, 0.6) is 0 Å². The van der Waals surface area contributed by atoms with E-state index in [4.69, 9.17) is 12.2 Å². The van der Waals surface area contributed by atoms with Crippen LogP contribution in [0.3, 0.4) is 0 Å². The number of aromatic nitrogens is 4. The topological polar surface area (TPSA) is 80.0 Å². The van der Waals surface area contributed by atoms with Gasteiger partial charge in [-0.15, -0.1) is 5.10 Å². The summed E-state index contributed by atoms with van der Waals surface area (Å²) in [5.41, 5.74) is 8.76. The third-order valence-electron chi connectivity index (χ3n) is 3.92. The number of nitrogens with zero attached hydrogens (tertiary/aromatic N) is 5. The number of benzene rings is 2. The number of nitrogens with one attached hydrogen (secondary N) is 2. The van der Waals surface area contributed by atoms with Crippen molar-refractivity contribution in [2.45, 2.75) is 20.8 Å². The van der Waals surface area contributed by atoms with E-state index in [1.165, 1.54) is 0 Å². The second-order valence-electron chi connectivity index (χ2n) is 5.83. The van der Waals surface area contributed by atoms with Crippen LogP contribution in [0.25, 0.3) is 5.69 Å². The first-order valence-electron chi connectivity index (χ1n) is 8.06. The highest BCUT2D eigenvalue weighted by molar-refractivity contribution is 7.80. The highest BCUT2D eigenvalue weighted by atomic mass is 32.1. The fraction of sp³-hybridized carbons (Fsp3) is 0.167. The lowest BCUT2D eigenvalue weighted by Gasteiger charge is -2.13. The molecule has 2 aromatic carbocycles. The van der Waals surface area contributed by atoms with Crippen molar-refractivity contribution in [3.63, 3.8) is 0 Å². The lowest BCUT2D eigenvalue weighted by molar-refractivity contribution is 0.789. The minimum atomic E-state index is 0.443. The molecule has 0 aliphatic carbocycles. The molecular formula is C18H19N7S. The summed E-state index contributed by atoms with van der Waals surface area (Å²) < 4.78 is 1.59. The minimum Gasteiger partial charge on any atom is -0.331 e. The van der Waals surface area contributed by atoms with Gasteiger partial charge in [-0.25, -0.2) is 4.68 Å². The molecule has 1 heterocycles. The Hall–Kier alpha value is -3.13. The SMILES string of the molecule is C/C(=N/NC(=S)Nc1c(C)cccc1C)c1cccc(-n2cnnn2)c1. The highest BCUT2D eigenvalue weighted by Gasteiger charge is 2.05. The molecule has 0 radical (unpaired) electrons. The molecule has 0 saturated carbocycles. The molecule has 0 aliphatic rings. The van der Waals surface area contributed by atoms with Crippen molar-refractivity contribution in [3.05, 3.63) is 65.5 Å². The summed E-state index contributed by atoms with van der Waals surface area (Å²) in [5, 5.41) is 19.2. The third-order valence-corrected chi connectivity index (χ3v) is 4.12. The summed E-state index contributed by atoms with van der Waals surface area (Å²) >= 11 is 5.35. The van der Waals surface area contributed by atoms with Gasteiger partial charge in [-0.2, -0.15) is 5.10 Å². The van der Waals surface area contributed by atoms with Crippen LogP contribution in [0.1, 0.15) is 23.6 Å². The Balaban J connectivity index is 1.70. The first-order valence-corrected chi connectivity index (χ1v) is 8.46. The maximum Gasteiger partial charge on any atom is 0.191 e. The van der Waals surface area contributed by atoms with Gasteiger partial charge in [0.1, 0.15) is 6.33 Å². The van der Waals surface area contributed by atoms with Crippen LogP contribution in [-0.2, 0) is 0 Å². The van der Waals surface area contributed by atoms with Crippen LogP contribution in [-0.4, -0.2) is 31.0 Å². The third kappa shape index (κ3) is 4.09. The maximum atomic E-state index is 5.35. The van der Waals surface area contributed by atoms with Crippen molar-refractivity contribution in [3.8, 4) is 5.69 Å². The van der Waals surface area contributed by atoms with Crippen LogP contribution in [0.2, 0.25) is 0 Å². The van der Waals surface area contributed by atoms with E-state index in [9.17, 15) is 0 Å². The van der Waals surface area contributed by atoms with Gasteiger partial charge in [0.25, 0.3) is 0 Å². The molecule has 1 aromatic heterocycles. The molecule has 0 spiro atoms. The van der Waals surface area contributed by atoms with Gasteiger partial charge in [-0.1, -0.05) is 30.3 Å². The Kier molecular flexibility index (Phi) is 5.33. The molecule has 0 bridgehead atoms. The Morgan fingerprint density at radius 3 is 2.54 bits per heavy atom. The van der Waals surface area contributed by atoms with Crippen molar-refractivity contribution in [2.24, 2.45) is 5.10 Å². The standard InChI is InChI=1S/C18H19N7S/c1-12-6-4-7-13(2)17(12)20-18(26)22-21-14(3)15-8-5-9-16(10-15)25-11-19-23-24-25/h4-11H,1-3H3,(H2,20,22,26)/b21-14-. The van der Waals surface area contributed by atoms with Crippen LogP contribution in [0.4, 0.5) is 5.69 Å². The number of tetrazole rings is 1. The van der Waals surface area contributed by atoms with Crippen LogP contribution < -0.4 is 10.7 Å². The summed E-state index contributed by atoms with van der Waals surface area (Å²) in [6.45, 7) is 5.99. The average Bonchev–Trinajstić information content (AvgIpc) is 3.18. The molecule has 7 nitrogen and oxygen atoms in total. The van der Waals surface area contributed by atoms with E-state index in [2.05, 4.69) is 31.4 Å². The number of hydrogen-bond donors (Lipinski definition) is 2. The maximum absolute atomic E-state index is 5.35. The summed E-state index contributed by atoms with van der Waals surface area (Å²) in [7, 11) is 0. The highest BCUT2D eigenvalue weighted by Crippen LogP contribution is 2.19. The number of aryl methyl sites for hydroxylation is 2. The van der Waals surface area contributed by atoms with Gasteiger partial charge in [0.05, 0.1) is 11.4 Å². The van der Waals surface area contributed by atoms with Gasteiger partial charge >= 0.3 is 0 Å². The molecule has 8 heteroatoms. The first-order chi connectivity index (χ1) is 12.5. The quantitative estimate of drug-likeness (QED) is 0.420. The predicted molar refractivity (Wildman–Crippen MR) is 107 cm³/mol. The summed E-state index contributed by atoms with van der Waals surface area (Å²) in [4.78, 5) is 0. The largest absolute Gasteiger partial charge is 0.331 e. The van der Waals surface area contributed by atoms with E-state index in [1.54, 1.807) is 11.0 Å². The molecule has 0 unspecified atom stereocenters. The summed E-state index contributed by atoms with van der Waals surface area (Å²) in [5.74, 6) is 0.